The van der Waals surface area contributed by atoms with Gasteiger partial charge in [0, 0.05) is 13.2 Å². The Hall–Kier alpha value is -2.18. The molecule has 1 aromatic heterocycles. The number of aryl methyl sites for hydroxylation is 2. The molecule has 2 heterocycles. The van der Waals surface area contributed by atoms with Crippen LogP contribution in [0.2, 0.25) is 0 Å². The molecule has 1 N–H and O–H groups in total. The molecule has 0 aliphatic carbocycles. The maximum atomic E-state index is 12.6. The summed E-state index contributed by atoms with van der Waals surface area (Å²) < 4.78 is 1.56. The Kier molecular flexibility index (Phi) is 3.37. The summed E-state index contributed by atoms with van der Waals surface area (Å²) in [7, 11) is 1.73. The first kappa shape index (κ1) is 14.2. The minimum Gasteiger partial charge on any atom is -0.315 e. The van der Waals surface area contributed by atoms with E-state index in [-0.39, 0.29) is 12.5 Å². The van der Waals surface area contributed by atoms with E-state index in [0.717, 1.165) is 0 Å². The lowest BCUT2D eigenvalue weighted by atomic mass is 9.97. The van der Waals surface area contributed by atoms with Gasteiger partial charge in [0.1, 0.15) is 12.1 Å². The first-order chi connectivity index (χ1) is 9.27. The van der Waals surface area contributed by atoms with Crippen molar-refractivity contribution in [3.63, 3.8) is 0 Å². The van der Waals surface area contributed by atoms with Crippen LogP contribution in [0.3, 0.4) is 0 Å². The third kappa shape index (κ3) is 2.19. The van der Waals surface area contributed by atoms with E-state index in [1.54, 1.807) is 31.8 Å². The number of rotatable bonds is 2. The molecule has 0 spiro atoms. The lowest BCUT2D eigenvalue weighted by Crippen LogP contribution is -2.65. The average Bonchev–Trinajstić information content (AvgIpc) is 2.74. The molecule has 0 aromatic carbocycles. The second-order valence-corrected chi connectivity index (χ2v) is 5.34. The summed E-state index contributed by atoms with van der Waals surface area (Å²) in [6.45, 7) is 5.01. The summed E-state index contributed by atoms with van der Waals surface area (Å²) in [4.78, 5) is 37.3. The van der Waals surface area contributed by atoms with E-state index < -0.39 is 17.4 Å². The zero-order chi connectivity index (χ0) is 15.1. The van der Waals surface area contributed by atoms with Gasteiger partial charge in [-0.15, -0.1) is 0 Å². The lowest BCUT2D eigenvalue weighted by molar-refractivity contribution is -0.143. The van der Waals surface area contributed by atoms with Crippen LogP contribution in [0.15, 0.2) is 6.20 Å². The molecule has 1 aromatic rings. The van der Waals surface area contributed by atoms with Gasteiger partial charge in [0.2, 0.25) is 5.91 Å². The molecule has 0 unspecified atom stereocenters. The summed E-state index contributed by atoms with van der Waals surface area (Å²) in [6, 6.07) is 0. The van der Waals surface area contributed by atoms with Crippen molar-refractivity contribution in [1.82, 2.24) is 20.0 Å². The molecule has 1 aliphatic rings. The van der Waals surface area contributed by atoms with Crippen molar-refractivity contribution in [2.45, 2.75) is 32.7 Å². The van der Waals surface area contributed by atoms with Gasteiger partial charge in [-0.1, -0.05) is 6.92 Å². The van der Waals surface area contributed by atoms with Crippen molar-refractivity contribution < 1.29 is 14.4 Å². The molecule has 20 heavy (non-hydrogen) atoms. The summed E-state index contributed by atoms with van der Waals surface area (Å²) in [5, 5.41) is 6.46. The normalized spacial score (nSPS) is 18.1. The molecule has 0 radical (unpaired) electrons. The van der Waals surface area contributed by atoms with Crippen molar-refractivity contribution in [3.8, 4) is 0 Å². The fourth-order valence-electron chi connectivity index (χ4n) is 2.23. The highest BCUT2D eigenvalue weighted by Crippen LogP contribution is 2.22. The van der Waals surface area contributed by atoms with E-state index in [1.165, 1.54) is 4.90 Å². The topological polar surface area (TPSA) is 84.3 Å². The molecular formula is C13H18N4O3. The number of aromatic nitrogens is 2. The quantitative estimate of drug-likeness (QED) is 0.763. The second-order valence-electron chi connectivity index (χ2n) is 5.34. The highest BCUT2D eigenvalue weighted by molar-refractivity contribution is 6.09. The van der Waals surface area contributed by atoms with Crippen molar-refractivity contribution in [3.05, 3.63) is 17.5 Å². The minimum absolute atomic E-state index is 0.129. The van der Waals surface area contributed by atoms with Crippen LogP contribution in [0, 0.1) is 0 Å². The van der Waals surface area contributed by atoms with Crippen molar-refractivity contribution in [2.75, 3.05) is 6.54 Å². The first-order valence-corrected chi connectivity index (χ1v) is 6.46. The smallest absolute Gasteiger partial charge is 0.258 e. The average molecular weight is 278 g/mol. The zero-order valence-electron chi connectivity index (χ0n) is 12.1. The number of piperazine rings is 1. The number of hydrogen-bond donors (Lipinski definition) is 1. The largest absolute Gasteiger partial charge is 0.315 e. The molecule has 1 aliphatic heterocycles. The summed E-state index contributed by atoms with van der Waals surface area (Å²) in [6.07, 6.45) is 2.23. The van der Waals surface area contributed by atoms with Crippen LogP contribution in [0.4, 0.5) is 0 Å². The molecule has 0 bridgehead atoms. The van der Waals surface area contributed by atoms with Gasteiger partial charge in [-0.2, -0.15) is 5.10 Å². The Bertz CT molecular complexity index is 588. The molecule has 1 fully saturated rings. The van der Waals surface area contributed by atoms with Crippen LogP contribution in [-0.4, -0.2) is 44.5 Å². The third-order valence-corrected chi connectivity index (χ3v) is 3.50. The number of nitrogens with zero attached hydrogens (tertiary/aromatic N) is 3. The SMILES string of the molecule is CCc1nn(C)cc1C(=O)N1CC(=O)NC(=O)C1(C)C. The van der Waals surface area contributed by atoms with E-state index in [2.05, 4.69) is 10.4 Å². The van der Waals surface area contributed by atoms with Gasteiger partial charge < -0.3 is 4.90 Å². The number of amides is 3. The Balaban J connectivity index is 2.40. The van der Waals surface area contributed by atoms with Crippen molar-refractivity contribution in [1.29, 1.82) is 0 Å². The Morgan fingerprint density at radius 3 is 2.70 bits per heavy atom. The van der Waals surface area contributed by atoms with Gasteiger partial charge in [0.15, 0.2) is 0 Å². The van der Waals surface area contributed by atoms with Crippen LogP contribution in [-0.2, 0) is 23.1 Å². The molecule has 3 amide bonds. The molecule has 2 rings (SSSR count). The summed E-state index contributed by atoms with van der Waals surface area (Å²) >= 11 is 0. The fourth-order valence-corrected chi connectivity index (χ4v) is 2.23. The van der Waals surface area contributed by atoms with Crippen LogP contribution in [0.5, 0.6) is 0 Å². The molecular weight excluding hydrogens is 260 g/mol. The highest BCUT2D eigenvalue weighted by Gasteiger charge is 2.44. The Morgan fingerprint density at radius 2 is 2.10 bits per heavy atom. The molecule has 7 heteroatoms. The first-order valence-electron chi connectivity index (χ1n) is 6.46. The van der Waals surface area contributed by atoms with Crippen LogP contribution >= 0.6 is 0 Å². The summed E-state index contributed by atoms with van der Waals surface area (Å²) in [5.41, 5.74) is 0.0311. The van der Waals surface area contributed by atoms with Gasteiger partial charge >= 0.3 is 0 Å². The Morgan fingerprint density at radius 1 is 1.45 bits per heavy atom. The van der Waals surface area contributed by atoms with E-state index in [4.69, 9.17) is 0 Å². The summed E-state index contributed by atoms with van der Waals surface area (Å²) in [5.74, 6) is -1.28. The molecule has 0 saturated carbocycles. The van der Waals surface area contributed by atoms with Gasteiger partial charge in [-0.25, -0.2) is 0 Å². The third-order valence-electron chi connectivity index (χ3n) is 3.50. The van der Waals surface area contributed by atoms with Gasteiger partial charge in [-0.05, 0) is 20.3 Å². The molecule has 1 saturated heterocycles. The van der Waals surface area contributed by atoms with E-state index in [1.807, 2.05) is 6.92 Å². The molecule has 7 nitrogen and oxygen atoms in total. The number of carbonyl (C=O) groups is 3. The van der Waals surface area contributed by atoms with E-state index in [9.17, 15) is 14.4 Å². The van der Waals surface area contributed by atoms with Gasteiger partial charge in [0.25, 0.3) is 11.8 Å². The molecule has 108 valence electrons. The number of carbonyl (C=O) groups excluding carboxylic acids is 3. The molecule has 0 atom stereocenters. The Labute approximate surface area is 116 Å². The lowest BCUT2D eigenvalue weighted by Gasteiger charge is -2.40. The second kappa shape index (κ2) is 4.73. The predicted molar refractivity (Wildman–Crippen MR) is 70.9 cm³/mol. The van der Waals surface area contributed by atoms with Crippen molar-refractivity contribution >= 4 is 17.7 Å². The van der Waals surface area contributed by atoms with Crippen LogP contribution < -0.4 is 5.32 Å². The maximum Gasteiger partial charge on any atom is 0.258 e. The maximum absolute atomic E-state index is 12.6. The number of imide groups is 1. The number of nitrogens with one attached hydrogen (secondary N) is 1. The predicted octanol–water partition coefficient (Wildman–Crippen LogP) is -0.140. The van der Waals surface area contributed by atoms with Gasteiger partial charge in [0.05, 0.1) is 11.3 Å². The van der Waals surface area contributed by atoms with Crippen LogP contribution in [0.1, 0.15) is 36.8 Å². The minimum atomic E-state index is -1.06. The van der Waals surface area contributed by atoms with Crippen LogP contribution in [0.25, 0.3) is 0 Å². The fraction of sp³-hybridized carbons (Fsp3) is 0.538. The van der Waals surface area contributed by atoms with Crippen molar-refractivity contribution in [2.24, 2.45) is 7.05 Å². The standard InChI is InChI=1S/C13H18N4O3/c1-5-9-8(6-16(4)15-9)11(19)17-7-10(18)14-12(20)13(17,2)3/h6H,5,7H2,1-4H3,(H,14,18,20). The van der Waals surface area contributed by atoms with E-state index in [0.29, 0.717) is 17.7 Å². The van der Waals surface area contributed by atoms with Gasteiger partial charge in [-0.3, -0.25) is 24.4 Å². The van der Waals surface area contributed by atoms with E-state index >= 15 is 0 Å². The number of hydrogen-bond acceptors (Lipinski definition) is 4. The highest BCUT2D eigenvalue weighted by atomic mass is 16.2. The zero-order valence-corrected chi connectivity index (χ0v) is 12.1. The monoisotopic (exact) mass is 278 g/mol.